The molecule has 0 aromatic carbocycles. The molecule has 156 valence electrons. The lowest BCUT2D eigenvalue weighted by Gasteiger charge is -2.29. The quantitative estimate of drug-likeness (QED) is 0.413. The van der Waals surface area contributed by atoms with Crippen LogP contribution in [0.5, 0.6) is 0 Å². The van der Waals surface area contributed by atoms with Crippen LogP contribution >= 0.6 is 0 Å². The number of H-pyrrole nitrogens is 1. The first-order valence-electron chi connectivity index (χ1n) is 8.94. The molecule has 1 aromatic heterocycles. The number of hydrogen-bond acceptors (Lipinski definition) is 7. The zero-order chi connectivity index (χ0) is 21.1. The summed E-state index contributed by atoms with van der Waals surface area (Å²) in [5, 5.41) is 6.96. The van der Waals surface area contributed by atoms with Gasteiger partial charge >= 0.3 is 6.09 Å². The molecule has 0 spiro atoms. The van der Waals surface area contributed by atoms with Crippen molar-refractivity contribution in [1.82, 2.24) is 15.1 Å². The summed E-state index contributed by atoms with van der Waals surface area (Å²) in [4.78, 5) is 26.4. The van der Waals surface area contributed by atoms with Crippen LogP contribution in [0.4, 0.5) is 4.79 Å². The van der Waals surface area contributed by atoms with Crippen molar-refractivity contribution in [2.75, 3.05) is 19.4 Å². The molecule has 1 aliphatic heterocycles. The highest BCUT2D eigenvalue weighted by Crippen LogP contribution is 2.24. The van der Waals surface area contributed by atoms with E-state index in [9.17, 15) is 18.0 Å². The number of carbonyl (C=O) groups is 2. The van der Waals surface area contributed by atoms with Crippen LogP contribution in [0, 0.1) is 0 Å². The molecule has 0 fully saturated rings. The third-order valence-corrected chi connectivity index (χ3v) is 4.58. The minimum Gasteiger partial charge on any atom is -0.444 e. The molecule has 0 atom stereocenters. The van der Waals surface area contributed by atoms with Crippen LogP contribution in [-0.4, -0.2) is 60.4 Å². The average molecular weight is 413 g/mol. The van der Waals surface area contributed by atoms with Crippen molar-refractivity contribution in [3.05, 3.63) is 29.1 Å². The maximum absolute atomic E-state index is 12.6. The van der Waals surface area contributed by atoms with Crippen LogP contribution in [0.15, 0.2) is 12.2 Å². The van der Waals surface area contributed by atoms with Gasteiger partial charge in [0.25, 0.3) is 10.1 Å². The van der Waals surface area contributed by atoms with Crippen molar-refractivity contribution in [1.29, 1.82) is 0 Å². The molecule has 0 unspecified atom stereocenters. The summed E-state index contributed by atoms with van der Waals surface area (Å²) in [5.74, 6) is -0.180. The Kier molecular flexibility index (Phi) is 6.66. The van der Waals surface area contributed by atoms with Crippen molar-refractivity contribution in [3.8, 4) is 0 Å². The Morgan fingerprint density at radius 2 is 1.96 bits per heavy atom. The maximum atomic E-state index is 12.6. The van der Waals surface area contributed by atoms with Crippen LogP contribution < -0.4 is 0 Å². The number of aromatic amines is 1. The number of fused-ring (bicyclic) bond motifs is 1. The predicted molar refractivity (Wildman–Crippen MR) is 102 cm³/mol. The number of aromatic nitrogens is 2. The molecule has 1 N–H and O–H groups in total. The molecule has 1 aromatic rings. The monoisotopic (exact) mass is 413 g/mol. The molecule has 9 nitrogen and oxygen atoms in total. The van der Waals surface area contributed by atoms with Gasteiger partial charge in [0.1, 0.15) is 11.3 Å². The van der Waals surface area contributed by atoms with E-state index in [4.69, 9.17) is 4.74 Å². The number of nitrogens with zero attached hydrogens (tertiary/aromatic N) is 2. The summed E-state index contributed by atoms with van der Waals surface area (Å²) < 4.78 is 32.1. The molecule has 0 radical (unpaired) electrons. The summed E-state index contributed by atoms with van der Waals surface area (Å²) in [7, 11) is -3.55. The lowest BCUT2D eigenvalue weighted by molar-refractivity contribution is 0.0222. The highest BCUT2D eigenvalue weighted by Gasteiger charge is 2.30. The summed E-state index contributed by atoms with van der Waals surface area (Å²) >= 11 is 0. The molecule has 28 heavy (non-hydrogen) atoms. The minimum absolute atomic E-state index is 0.132. The normalized spacial score (nSPS) is 14.5. The molecule has 0 saturated heterocycles. The molecule has 2 rings (SSSR count). The number of carbonyl (C=O) groups excluding carboxylic acids is 2. The number of ether oxygens (including phenoxy) is 1. The summed E-state index contributed by atoms with van der Waals surface area (Å²) in [6, 6.07) is 0. The zero-order valence-electron chi connectivity index (χ0n) is 16.7. The fourth-order valence-corrected chi connectivity index (χ4v) is 3.06. The standard InChI is InChI=1S/C18H27N3O6S/c1-12(11-26-28(5,24)25)6-7-15(22)16-13-10-21(9-8-14(13)19-20-16)17(23)27-18(2,3)4/h1,6-11H2,2-5H3,(H,19,20). The Morgan fingerprint density at radius 3 is 2.57 bits per heavy atom. The van der Waals surface area contributed by atoms with E-state index in [2.05, 4.69) is 21.0 Å². The summed E-state index contributed by atoms with van der Waals surface area (Å²) in [6.45, 7) is 9.70. The highest BCUT2D eigenvalue weighted by molar-refractivity contribution is 7.86. The molecule has 10 heteroatoms. The number of hydrogen-bond donors (Lipinski definition) is 1. The van der Waals surface area contributed by atoms with Crippen molar-refractivity contribution < 1.29 is 26.9 Å². The van der Waals surface area contributed by atoms with Crippen LogP contribution in [0.25, 0.3) is 0 Å². The Hall–Kier alpha value is -2.20. The fraction of sp³-hybridized carbons (Fsp3) is 0.611. The van der Waals surface area contributed by atoms with Crippen LogP contribution in [0.1, 0.15) is 55.4 Å². The molecule has 0 saturated carbocycles. The zero-order valence-corrected chi connectivity index (χ0v) is 17.5. The fourth-order valence-electron chi connectivity index (χ4n) is 2.68. The van der Waals surface area contributed by atoms with Gasteiger partial charge in [0.05, 0.1) is 25.1 Å². The second kappa shape index (κ2) is 8.44. The number of amides is 1. The molecule has 2 heterocycles. The minimum atomic E-state index is -3.55. The van der Waals surface area contributed by atoms with Crippen LogP contribution in [0.2, 0.25) is 0 Å². The largest absolute Gasteiger partial charge is 0.444 e. The number of Topliss-reactive ketones (excluding diaryl/α,β-unsaturated/α-hetero) is 1. The van der Waals surface area contributed by atoms with Gasteiger partial charge in [-0.3, -0.25) is 14.1 Å². The van der Waals surface area contributed by atoms with E-state index in [0.29, 0.717) is 29.8 Å². The summed E-state index contributed by atoms with van der Waals surface area (Å²) in [6.07, 6.45) is 1.49. The van der Waals surface area contributed by atoms with Crippen molar-refractivity contribution in [2.45, 2.75) is 52.2 Å². The van der Waals surface area contributed by atoms with Gasteiger partial charge in [0.15, 0.2) is 5.78 Å². The third-order valence-electron chi connectivity index (χ3n) is 4.03. The lowest BCUT2D eigenvalue weighted by Crippen LogP contribution is -2.40. The van der Waals surface area contributed by atoms with Crippen molar-refractivity contribution >= 4 is 22.0 Å². The number of rotatable bonds is 7. The average Bonchev–Trinajstić information content (AvgIpc) is 2.98. The van der Waals surface area contributed by atoms with Gasteiger partial charge < -0.3 is 9.64 Å². The van der Waals surface area contributed by atoms with E-state index < -0.39 is 21.8 Å². The van der Waals surface area contributed by atoms with Gasteiger partial charge in [-0.15, -0.1) is 0 Å². The van der Waals surface area contributed by atoms with Gasteiger partial charge in [-0.2, -0.15) is 13.5 Å². The van der Waals surface area contributed by atoms with Crippen molar-refractivity contribution in [2.24, 2.45) is 0 Å². The van der Waals surface area contributed by atoms with E-state index >= 15 is 0 Å². The Morgan fingerprint density at radius 1 is 1.29 bits per heavy atom. The Labute approximate surface area is 165 Å². The van der Waals surface area contributed by atoms with Crippen LogP contribution in [-0.2, 0) is 32.0 Å². The van der Waals surface area contributed by atoms with Crippen molar-refractivity contribution in [3.63, 3.8) is 0 Å². The topological polar surface area (TPSA) is 119 Å². The predicted octanol–water partition coefficient (Wildman–Crippen LogP) is 2.20. The Bertz CT molecular complexity index is 866. The van der Waals surface area contributed by atoms with E-state index in [1.165, 1.54) is 0 Å². The molecule has 1 amide bonds. The number of nitrogens with one attached hydrogen (secondary N) is 1. The van der Waals surface area contributed by atoms with Gasteiger partial charge in [0.2, 0.25) is 0 Å². The Balaban J connectivity index is 1.98. The van der Waals surface area contributed by atoms with Gasteiger partial charge in [-0.05, 0) is 32.8 Å². The smallest absolute Gasteiger partial charge is 0.410 e. The molecule has 0 aliphatic carbocycles. The van der Waals surface area contributed by atoms with E-state index in [1.807, 2.05) is 0 Å². The second-order valence-corrected chi connectivity index (χ2v) is 9.46. The first-order chi connectivity index (χ1) is 12.9. The molecule has 0 bridgehead atoms. The first-order valence-corrected chi connectivity index (χ1v) is 10.8. The van der Waals surface area contributed by atoms with E-state index in [1.54, 1.807) is 25.7 Å². The van der Waals surface area contributed by atoms with Crippen LogP contribution in [0.3, 0.4) is 0 Å². The molecular weight excluding hydrogens is 386 g/mol. The SMILES string of the molecule is C=C(CCC(=O)c1[nH]nc2c1CN(C(=O)OC(C)(C)C)CC2)COS(C)(=O)=O. The van der Waals surface area contributed by atoms with E-state index in [0.717, 1.165) is 11.9 Å². The summed E-state index contributed by atoms with van der Waals surface area (Å²) in [5.41, 5.74) is 1.73. The lowest BCUT2D eigenvalue weighted by atomic mass is 10.0. The van der Waals surface area contributed by atoms with E-state index in [-0.39, 0.29) is 31.8 Å². The van der Waals surface area contributed by atoms with Gasteiger partial charge in [-0.1, -0.05) is 6.58 Å². The molecular formula is C18H27N3O6S. The second-order valence-electron chi connectivity index (χ2n) is 7.82. The number of ketones is 1. The first kappa shape index (κ1) is 22.1. The van der Waals surface area contributed by atoms with Gasteiger partial charge in [-0.25, -0.2) is 4.79 Å². The molecule has 1 aliphatic rings. The maximum Gasteiger partial charge on any atom is 0.410 e. The van der Waals surface area contributed by atoms with Gasteiger partial charge in [0, 0.05) is 24.9 Å². The highest BCUT2D eigenvalue weighted by atomic mass is 32.2. The third kappa shape index (κ3) is 6.45.